The van der Waals surface area contributed by atoms with Crippen molar-refractivity contribution >= 4 is 41.5 Å². The van der Waals surface area contributed by atoms with Crippen LogP contribution in [-0.4, -0.2) is 90.4 Å². The van der Waals surface area contributed by atoms with Gasteiger partial charge in [-0.1, -0.05) is 0 Å². The molecule has 40 heavy (non-hydrogen) atoms. The Kier molecular flexibility index (Phi) is 17.7. The molecule has 0 rings (SSSR count). The zero-order valence-electron chi connectivity index (χ0n) is 22.5. The largest absolute Gasteiger partial charge is 0.480 e. The third kappa shape index (κ3) is 16.6. The van der Waals surface area contributed by atoms with Gasteiger partial charge >= 0.3 is 5.97 Å². The molecular weight excluding hydrogens is 528 g/mol. The fourth-order valence-electron chi connectivity index (χ4n) is 3.43. The van der Waals surface area contributed by atoms with E-state index >= 15 is 0 Å². The number of rotatable bonds is 21. The molecule has 0 aromatic heterocycles. The van der Waals surface area contributed by atoms with Crippen molar-refractivity contribution in [2.45, 2.75) is 75.5 Å². The molecule has 0 aliphatic rings. The molecule has 0 heterocycles. The molecule has 0 saturated carbocycles. The summed E-state index contributed by atoms with van der Waals surface area (Å²) in [6, 6.07) is -4.92. The van der Waals surface area contributed by atoms with E-state index in [0.717, 1.165) is 0 Å². The van der Waals surface area contributed by atoms with Gasteiger partial charge in [0.25, 0.3) is 0 Å². The number of aliphatic carboxylic acids is 1. The lowest BCUT2D eigenvalue weighted by molar-refractivity contribution is -0.142. The molecular formula is C22H44N12O6. The monoisotopic (exact) mass is 572 g/mol. The van der Waals surface area contributed by atoms with Gasteiger partial charge in [-0.25, -0.2) is 4.79 Å². The van der Waals surface area contributed by atoms with Crippen LogP contribution in [0.3, 0.4) is 0 Å². The number of guanidine groups is 2. The summed E-state index contributed by atoms with van der Waals surface area (Å²) in [5.41, 5.74) is 37.5. The van der Waals surface area contributed by atoms with Crippen LogP contribution in [0.4, 0.5) is 0 Å². The van der Waals surface area contributed by atoms with Crippen molar-refractivity contribution in [2.75, 3.05) is 19.6 Å². The van der Waals surface area contributed by atoms with Gasteiger partial charge in [-0.05, 0) is 51.5 Å². The SMILES string of the molecule is NCCCCC(NC(=O)C(CCCN=C(N)N)NC(=O)C(CCCN=C(N)N)NC(=O)C(N)CC(N)=O)C(=O)O. The number of hydrogen-bond donors (Lipinski definition) is 11. The number of primary amides is 1. The quantitative estimate of drug-likeness (QED) is 0.0349. The summed E-state index contributed by atoms with van der Waals surface area (Å²) in [4.78, 5) is 69.2. The van der Waals surface area contributed by atoms with Crippen molar-refractivity contribution in [3.05, 3.63) is 0 Å². The first-order valence-corrected chi connectivity index (χ1v) is 12.8. The zero-order chi connectivity index (χ0) is 30.7. The Bertz CT molecular complexity index is 905. The molecule has 0 fully saturated rings. The minimum absolute atomic E-state index is 0.0385. The van der Waals surface area contributed by atoms with Crippen molar-refractivity contribution in [1.29, 1.82) is 0 Å². The van der Waals surface area contributed by atoms with Crippen LogP contribution in [0.25, 0.3) is 0 Å². The number of carbonyl (C=O) groups is 5. The maximum Gasteiger partial charge on any atom is 0.326 e. The number of unbranched alkanes of at least 4 members (excludes halogenated alkanes) is 1. The van der Waals surface area contributed by atoms with Gasteiger partial charge in [-0.15, -0.1) is 0 Å². The number of carbonyl (C=O) groups excluding carboxylic acids is 4. The second kappa shape index (κ2) is 19.8. The minimum atomic E-state index is -1.31. The summed E-state index contributed by atoms with van der Waals surface area (Å²) < 4.78 is 0. The molecule has 18 heteroatoms. The van der Waals surface area contributed by atoms with Crippen molar-refractivity contribution in [2.24, 2.45) is 50.1 Å². The van der Waals surface area contributed by atoms with Crippen LogP contribution in [0.2, 0.25) is 0 Å². The highest BCUT2D eigenvalue weighted by Gasteiger charge is 2.30. The topological polar surface area (TPSA) is 349 Å². The molecule has 4 amide bonds. The Morgan fingerprint density at radius 2 is 1.07 bits per heavy atom. The number of nitrogens with zero attached hydrogens (tertiary/aromatic N) is 2. The Morgan fingerprint density at radius 3 is 1.48 bits per heavy atom. The minimum Gasteiger partial charge on any atom is -0.480 e. The first kappa shape index (κ1) is 35.8. The van der Waals surface area contributed by atoms with Gasteiger partial charge in [0, 0.05) is 13.1 Å². The first-order valence-electron chi connectivity index (χ1n) is 12.8. The van der Waals surface area contributed by atoms with E-state index in [2.05, 4.69) is 25.9 Å². The molecule has 0 radical (unpaired) electrons. The number of carboxylic acids is 1. The van der Waals surface area contributed by atoms with Crippen LogP contribution in [0.5, 0.6) is 0 Å². The Hall–Kier alpha value is -4.19. The number of hydrogen-bond acceptors (Lipinski definition) is 9. The Morgan fingerprint density at radius 1 is 0.650 bits per heavy atom. The van der Waals surface area contributed by atoms with E-state index in [1.807, 2.05) is 0 Å². The molecule has 18 nitrogen and oxygen atoms in total. The standard InChI is InChI=1S/C22H44N12O6/c23-8-2-1-5-15(20(39)40)34-19(38)14(7-4-10-31-22(28)29)33-18(37)13(6-3-9-30-21(26)27)32-17(36)12(24)11-16(25)35/h12-15H,1-11,23-24H2,(H2,25,35)(H,32,36)(H,33,37)(H,34,38)(H,39,40)(H4,26,27,30)(H4,28,29,31). The number of nitrogens with one attached hydrogen (secondary N) is 3. The molecule has 0 aliphatic carbocycles. The molecule has 4 atom stereocenters. The summed E-state index contributed by atoms with van der Waals surface area (Å²) in [6.07, 6.45) is 1.30. The number of nitrogens with two attached hydrogens (primary N) is 7. The summed E-state index contributed by atoms with van der Waals surface area (Å²) in [7, 11) is 0. The van der Waals surface area contributed by atoms with Crippen molar-refractivity contribution in [3.63, 3.8) is 0 Å². The van der Waals surface area contributed by atoms with E-state index in [9.17, 15) is 29.1 Å². The van der Waals surface area contributed by atoms with Crippen LogP contribution in [0.15, 0.2) is 9.98 Å². The fourth-order valence-corrected chi connectivity index (χ4v) is 3.43. The molecule has 0 aliphatic heterocycles. The molecule has 4 unspecified atom stereocenters. The second-order valence-electron chi connectivity index (χ2n) is 8.98. The highest BCUT2D eigenvalue weighted by molar-refractivity contribution is 5.95. The number of amides is 4. The Balaban J connectivity index is 5.76. The molecule has 0 bridgehead atoms. The molecule has 0 aromatic carbocycles. The van der Waals surface area contributed by atoms with E-state index in [1.54, 1.807) is 0 Å². The lowest BCUT2D eigenvalue weighted by atomic mass is 10.0. The highest BCUT2D eigenvalue weighted by Crippen LogP contribution is 2.07. The van der Waals surface area contributed by atoms with E-state index < -0.39 is 60.2 Å². The van der Waals surface area contributed by atoms with Crippen LogP contribution >= 0.6 is 0 Å². The van der Waals surface area contributed by atoms with Gasteiger partial charge in [0.2, 0.25) is 23.6 Å². The van der Waals surface area contributed by atoms with Gasteiger partial charge < -0.3 is 61.2 Å². The molecule has 0 spiro atoms. The van der Waals surface area contributed by atoms with Gasteiger partial charge in [-0.2, -0.15) is 0 Å². The van der Waals surface area contributed by atoms with E-state index in [-0.39, 0.29) is 57.1 Å². The van der Waals surface area contributed by atoms with Crippen LogP contribution in [0, 0.1) is 0 Å². The van der Waals surface area contributed by atoms with Crippen LogP contribution in [-0.2, 0) is 24.0 Å². The maximum atomic E-state index is 13.2. The van der Waals surface area contributed by atoms with Crippen molar-refractivity contribution in [3.8, 4) is 0 Å². The van der Waals surface area contributed by atoms with Gasteiger partial charge in [0.1, 0.15) is 18.1 Å². The molecule has 0 saturated heterocycles. The lowest BCUT2D eigenvalue weighted by Gasteiger charge is -2.25. The molecule has 18 N–H and O–H groups in total. The zero-order valence-corrected chi connectivity index (χ0v) is 22.5. The van der Waals surface area contributed by atoms with Gasteiger partial charge in [-0.3, -0.25) is 29.2 Å². The van der Waals surface area contributed by atoms with E-state index in [1.165, 1.54) is 0 Å². The van der Waals surface area contributed by atoms with E-state index in [4.69, 9.17) is 40.1 Å². The third-order valence-corrected chi connectivity index (χ3v) is 5.48. The van der Waals surface area contributed by atoms with Crippen molar-refractivity contribution in [1.82, 2.24) is 16.0 Å². The van der Waals surface area contributed by atoms with Crippen LogP contribution in [0.1, 0.15) is 51.4 Å². The van der Waals surface area contributed by atoms with Gasteiger partial charge in [0.05, 0.1) is 12.5 Å². The maximum absolute atomic E-state index is 13.2. The summed E-state index contributed by atoms with van der Waals surface area (Å²) in [5, 5.41) is 16.9. The van der Waals surface area contributed by atoms with Crippen molar-refractivity contribution < 1.29 is 29.1 Å². The fraction of sp³-hybridized carbons (Fsp3) is 0.682. The normalized spacial score (nSPS) is 13.6. The predicted octanol–water partition coefficient (Wildman–Crippen LogP) is -5.04. The number of carboxylic acid groups (broad SMARTS) is 1. The summed E-state index contributed by atoms with van der Waals surface area (Å²) in [6.45, 7) is 0.644. The summed E-state index contributed by atoms with van der Waals surface area (Å²) >= 11 is 0. The van der Waals surface area contributed by atoms with E-state index in [0.29, 0.717) is 19.4 Å². The highest BCUT2D eigenvalue weighted by atomic mass is 16.4. The van der Waals surface area contributed by atoms with Gasteiger partial charge in [0.15, 0.2) is 11.9 Å². The number of aliphatic imine (C=N–C) groups is 2. The first-order chi connectivity index (χ1) is 18.8. The predicted molar refractivity (Wildman–Crippen MR) is 148 cm³/mol. The Labute approximate surface area is 232 Å². The molecule has 228 valence electrons. The average molecular weight is 573 g/mol. The third-order valence-electron chi connectivity index (χ3n) is 5.48. The average Bonchev–Trinajstić information content (AvgIpc) is 2.85. The lowest BCUT2D eigenvalue weighted by Crippen LogP contribution is -2.57. The smallest absolute Gasteiger partial charge is 0.326 e. The van der Waals surface area contributed by atoms with Crippen LogP contribution < -0.4 is 56.1 Å². The molecule has 0 aromatic rings. The second-order valence-corrected chi connectivity index (χ2v) is 8.98. The summed E-state index contributed by atoms with van der Waals surface area (Å²) in [5.74, 6) is -4.72.